The number of hydrogen-bond acceptors (Lipinski definition) is 6. The summed E-state index contributed by atoms with van der Waals surface area (Å²) in [6.07, 6.45) is 0.560. The van der Waals surface area contributed by atoms with Crippen LogP contribution in [-0.2, 0) is 26.0 Å². The van der Waals surface area contributed by atoms with E-state index in [9.17, 15) is 18.0 Å². The summed E-state index contributed by atoms with van der Waals surface area (Å²) < 4.78 is 39.4. The largest absolute Gasteiger partial charge is 0.497 e. The molecule has 0 saturated carbocycles. The molecule has 184 valence electrons. The van der Waals surface area contributed by atoms with Crippen molar-refractivity contribution in [3.05, 3.63) is 42.0 Å². The molecule has 9 nitrogen and oxygen atoms in total. The van der Waals surface area contributed by atoms with Crippen LogP contribution in [0.4, 0.5) is 11.4 Å². The number of ether oxygens (including phenoxy) is 2. The molecular formula is C24H31N3O6S. The zero-order valence-corrected chi connectivity index (χ0v) is 21.0. The zero-order valence-electron chi connectivity index (χ0n) is 20.2. The fourth-order valence-corrected chi connectivity index (χ4v) is 5.48. The van der Waals surface area contributed by atoms with E-state index in [1.54, 1.807) is 49.1 Å². The Balaban J connectivity index is 1.84. The lowest BCUT2D eigenvalue weighted by molar-refractivity contribution is -0.118. The quantitative estimate of drug-likeness (QED) is 0.589. The van der Waals surface area contributed by atoms with Crippen LogP contribution in [0.3, 0.4) is 0 Å². The molecule has 1 aliphatic rings. The Bertz CT molecular complexity index is 1170. The van der Waals surface area contributed by atoms with Gasteiger partial charge in [-0.3, -0.25) is 9.59 Å². The number of amides is 2. The molecule has 0 unspecified atom stereocenters. The number of nitrogens with zero attached hydrogens (tertiary/aromatic N) is 1. The number of rotatable bonds is 8. The minimum atomic E-state index is -4.01. The molecule has 2 atom stereocenters. The van der Waals surface area contributed by atoms with Gasteiger partial charge >= 0.3 is 0 Å². The van der Waals surface area contributed by atoms with Crippen LogP contribution in [0.15, 0.2) is 41.3 Å². The van der Waals surface area contributed by atoms with E-state index in [1.807, 2.05) is 6.92 Å². The van der Waals surface area contributed by atoms with E-state index in [0.717, 1.165) is 5.56 Å². The Hall–Kier alpha value is -3.11. The van der Waals surface area contributed by atoms with E-state index in [2.05, 4.69) is 10.0 Å². The van der Waals surface area contributed by atoms with Crippen LogP contribution in [0.25, 0.3) is 0 Å². The first-order valence-corrected chi connectivity index (χ1v) is 12.4. The predicted molar refractivity (Wildman–Crippen MR) is 130 cm³/mol. The molecule has 2 aromatic rings. The van der Waals surface area contributed by atoms with Gasteiger partial charge in [-0.1, -0.05) is 13.8 Å². The van der Waals surface area contributed by atoms with Crippen molar-refractivity contribution in [2.24, 2.45) is 5.92 Å². The second kappa shape index (κ2) is 10.0. The average molecular weight is 490 g/mol. The monoisotopic (exact) mass is 489 g/mol. The lowest BCUT2D eigenvalue weighted by Gasteiger charge is -2.22. The van der Waals surface area contributed by atoms with Crippen molar-refractivity contribution in [2.45, 2.75) is 51.1 Å². The van der Waals surface area contributed by atoms with Crippen LogP contribution in [0, 0.1) is 5.92 Å². The summed E-state index contributed by atoms with van der Waals surface area (Å²) in [5.74, 6) is 0.0497. The van der Waals surface area contributed by atoms with E-state index in [-0.39, 0.29) is 22.8 Å². The van der Waals surface area contributed by atoms with Crippen molar-refractivity contribution in [2.75, 3.05) is 24.4 Å². The average Bonchev–Trinajstić information content (AvgIpc) is 3.11. The lowest BCUT2D eigenvalue weighted by atomic mass is 10.0. The van der Waals surface area contributed by atoms with Gasteiger partial charge in [0.05, 0.1) is 19.1 Å². The third-order valence-corrected chi connectivity index (χ3v) is 7.21. The Morgan fingerprint density at radius 1 is 1.06 bits per heavy atom. The van der Waals surface area contributed by atoms with Gasteiger partial charge in [-0.15, -0.1) is 0 Å². The molecule has 0 aromatic heterocycles. The minimum absolute atomic E-state index is 0.0466. The van der Waals surface area contributed by atoms with Gasteiger partial charge in [0.2, 0.25) is 21.8 Å². The molecule has 2 aromatic carbocycles. The Morgan fingerprint density at radius 3 is 2.21 bits per heavy atom. The molecule has 10 heteroatoms. The summed E-state index contributed by atoms with van der Waals surface area (Å²) >= 11 is 0. The Morgan fingerprint density at radius 2 is 1.68 bits per heavy atom. The van der Waals surface area contributed by atoms with Gasteiger partial charge < -0.3 is 19.7 Å². The summed E-state index contributed by atoms with van der Waals surface area (Å²) in [4.78, 5) is 26.7. The number of hydrogen-bond donors (Lipinski definition) is 2. The number of benzene rings is 2. The molecule has 0 spiro atoms. The first-order valence-electron chi connectivity index (χ1n) is 11.0. The summed E-state index contributed by atoms with van der Waals surface area (Å²) in [5, 5.41) is 2.74. The van der Waals surface area contributed by atoms with E-state index < -0.39 is 22.0 Å². The second-order valence-electron chi connectivity index (χ2n) is 8.67. The minimum Gasteiger partial charge on any atom is -0.497 e. The van der Waals surface area contributed by atoms with Crippen molar-refractivity contribution in [1.82, 2.24) is 4.72 Å². The SMILES string of the molecule is COc1cc(NC(=O)[C@@H](NS(=O)(=O)c2ccc3c(c2)C[C@H](C)N3C(C)=O)C(C)C)cc(OC)c1. The van der Waals surface area contributed by atoms with Crippen LogP contribution >= 0.6 is 0 Å². The summed E-state index contributed by atoms with van der Waals surface area (Å²) in [7, 11) is -1.01. The van der Waals surface area contributed by atoms with Gasteiger partial charge in [-0.2, -0.15) is 4.72 Å². The molecule has 0 radical (unpaired) electrons. The first kappa shape index (κ1) is 25.5. The smallest absolute Gasteiger partial charge is 0.242 e. The van der Waals surface area contributed by atoms with Gasteiger partial charge in [0.15, 0.2) is 0 Å². The molecule has 2 amide bonds. The summed E-state index contributed by atoms with van der Waals surface area (Å²) in [6, 6.07) is 8.50. The lowest BCUT2D eigenvalue weighted by Crippen LogP contribution is -2.47. The van der Waals surface area contributed by atoms with Gasteiger partial charge in [-0.25, -0.2) is 8.42 Å². The number of carbonyl (C=O) groups is 2. The van der Waals surface area contributed by atoms with Crippen LogP contribution in [0.2, 0.25) is 0 Å². The van der Waals surface area contributed by atoms with E-state index in [4.69, 9.17) is 9.47 Å². The number of methoxy groups -OCH3 is 2. The van der Waals surface area contributed by atoms with Gasteiger partial charge in [0.25, 0.3) is 0 Å². The highest BCUT2D eigenvalue weighted by molar-refractivity contribution is 7.89. The summed E-state index contributed by atoms with van der Waals surface area (Å²) in [6.45, 7) is 6.92. The molecular weight excluding hydrogens is 458 g/mol. The molecule has 0 bridgehead atoms. The topological polar surface area (TPSA) is 114 Å². The van der Waals surface area contributed by atoms with Gasteiger partial charge in [0, 0.05) is 42.5 Å². The number of anilines is 2. The van der Waals surface area contributed by atoms with Crippen LogP contribution in [0.5, 0.6) is 11.5 Å². The Labute approximate surface area is 200 Å². The molecule has 0 fully saturated rings. The molecule has 0 saturated heterocycles. The first-order chi connectivity index (χ1) is 16.0. The molecule has 34 heavy (non-hydrogen) atoms. The molecule has 1 heterocycles. The molecule has 3 rings (SSSR count). The maximum absolute atomic E-state index is 13.2. The van der Waals surface area contributed by atoms with Crippen molar-refractivity contribution in [3.63, 3.8) is 0 Å². The Kier molecular flexibility index (Phi) is 7.52. The molecule has 2 N–H and O–H groups in total. The maximum Gasteiger partial charge on any atom is 0.242 e. The third-order valence-electron chi connectivity index (χ3n) is 5.77. The number of fused-ring (bicyclic) bond motifs is 1. The maximum atomic E-state index is 13.2. The van der Waals surface area contributed by atoms with E-state index in [0.29, 0.717) is 29.3 Å². The van der Waals surface area contributed by atoms with Crippen molar-refractivity contribution in [1.29, 1.82) is 0 Å². The van der Waals surface area contributed by atoms with Crippen molar-refractivity contribution in [3.8, 4) is 11.5 Å². The fourth-order valence-electron chi connectivity index (χ4n) is 4.08. The number of sulfonamides is 1. The van der Waals surface area contributed by atoms with E-state index >= 15 is 0 Å². The fraction of sp³-hybridized carbons (Fsp3) is 0.417. The summed E-state index contributed by atoms with van der Waals surface area (Å²) in [5.41, 5.74) is 1.91. The van der Waals surface area contributed by atoms with Crippen molar-refractivity contribution < 1.29 is 27.5 Å². The van der Waals surface area contributed by atoms with Crippen LogP contribution in [-0.4, -0.2) is 46.5 Å². The van der Waals surface area contributed by atoms with Crippen molar-refractivity contribution >= 4 is 33.2 Å². The van der Waals surface area contributed by atoms with Gasteiger partial charge in [0.1, 0.15) is 17.5 Å². The highest BCUT2D eigenvalue weighted by Gasteiger charge is 2.32. The zero-order chi connectivity index (χ0) is 25.2. The number of nitrogens with one attached hydrogen (secondary N) is 2. The molecule has 1 aliphatic heterocycles. The normalized spacial score (nSPS) is 16.2. The van der Waals surface area contributed by atoms with Crippen LogP contribution in [0.1, 0.15) is 33.3 Å². The second-order valence-corrected chi connectivity index (χ2v) is 10.4. The van der Waals surface area contributed by atoms with E-state index in [1.165, 1.54) is 27.2 Å². The number of carbonyl (C=O) groups excluding carboxylic acids is 2. The predicted octanol–water partition coefficient (Wildman–Crippen LogP) is 2.94. The third kappa shape index (κ3) is 5.34. The highest BCUT2D eigenvalue weighted by Crippen LogP contribution is 2.34. The molecule has 0 aliphatic carbocycles. The van der Waals surface area contributed by atoms with Crippen LogP contribution < -0.4 is 24.4 Å². The van der Waals surface area contributed by atoms with Gasteiger partial charge in [-0.05, 0) is 43.0 Å². The highest BCUT2D eigenvalue weighted by atomic mass is 32.2. The standard InChI is InChI=1S/C24H31N3O6S/c1-14(2)23(24(29)25-18-11-19(32-5)13-20(12-18)33-6)26-34(30,31)21-7-8-22-17(10-21)9-15(3)27(22)16(4)28/h7-8,10-15,23,26H,9H2,1-6H3,(H,25,29)/t15-,23-/m0/s1.